The number of methoxy groups -OCH3 is 1. The van der Waals surface area contributed by atoms with Crippen LogP contribution < -0.4 is 15.8 Å². The Kier molecular flexibility index (Phi) is 6.44. The molecule has 2 fully saturated rings. The molecule has 0 unspecified atom stereocenters. The minimum atomic E-state index is -0.630. The van der Waals surface area contributed by atoms with E-state index in [4.69, 9.17) is 14.5 Å². The van der Waals surface area contributed by atoms with E-state index in [9.17, 15) is 9.59 Å². The van der Waals surface area contributed by atoms with Gasteiger partial charge in [-0.1, -0.05) is 6.42 Å². The summed E-state index contributed by atoms with van der Waals surface area (Å²) in [5.41, 5.74) is 3.72. The molecule has 1 aliphatic carbocycles. The maximum atomic E-state index is 13.8. The van der Waals surface area contributed by atoms with Crippen molar-refractivity contribution in [3.63, 3.8) is 0 Å². The zero-order valence-electron chi connectivity index (χ0n) is 22.3. The summed E-state index contributed by atoms with van der Waals surface area (Å²) < 4.78 is 13.0. The van der Waals surface area contributed by atoms with Crippen LogP contribution in [0.2, 0.25) is 0 Å². The molecule has 200 valence electrons. The van der Waals surface area contributed by atoms with Crippen molar-refractivity contribution >= 4 is 28.2 Å². The molecule has 0 radical (unpaired) electrons. The number of hydrogen-bond donors (Lipinski definition) is 1. The highest BCUT2D eigenvalue weighted by Crippen LogP contribution is 2.37. The molecule has 9 heteroatoms. The van der Waals surface area contributed by atoms with Crippen LogP contribution in [0.4, 0.5) is 11.4 Å². The molecule has 0 bridgehead atoms. The van der Waals surface area contributed by atoms with Crippen molar-refractivity contribution in [1.29, 1.82) is 0 Å². The number of carbonyl (C=O) groups excluding carboxylic acids is 1. The highest BCUT2D eigenvalue weighted by atomic mass is 16.5. The lowest BCUT2D eigenvalue weighted by molar-refractivity contribution is -0.119. The summed E-state index contributed by atoms with van der Waals surface area (Å²) in [6.07, 6.45) is 5.77. The molecule has 6 rings (SSSR count). The van der Waals surface area contributed by atoms with Gasteiger partial charge in [-0.2, -0.15) is 0 Å². The van der Waals surface area contributed by atoms with E-state index < -0.39 is 5.41 Å². The molecule has 1 saturated heterocycles. The fourth-order valence-corrected chi connectivity index (χ4v) is 5.72. The number of aryl methyl sites for hydroxylation is 1. The Bertz CT molecular complexity index is 1440. The highest BCUT2D eigenvalue weighted by Gasteiger charge is 2.39. The third kappa shape index (κ3) is 4.37. The molecule has 1 N–H and O–H groups in total. The Labute approximate surface area is 222 Å². The van der Waals surface area contributed by atoms with Gasteiger partial charge in [0.1, 0.15) is 5.82 Å². The first-order valence-corrected chi connectivity index (χ1v) is 13.6. The van der Waals surface area contributed by atoms with Crippen LogP contribution in [0.5, 0.6) is 0 Å². The van der Waals surface area contributed by atoms with E-state index in [1.807, 2.05) is 48.9 Å². The first-order chi connectivity index (χ1) is 18.3. The molecule has 1 aromatic carbocycles. The van der Waals surface area contributed by atoms with E-state index >= 15 is 0 Å². The number of fused-ring (bicyclic) bond motifs is 2. The molecule has 3 aromatic rings. The topological polar surface area (TPSA) is 98.6 Å². The van der Waals surface area contributed by atoms with Crippen LogP contribution in [0.15, 0.2) is 35.3 Å². The lowest BCUT2D eigenvalue weighted by Crippen LogP contribution is -2.44. The summed E-state index contributed by atoms with van der Waals surface area (Å²) >= 11 is 0. The van der Waals surface area contributed by atoms with Gasteiger partial charge in [-0.25, -0.2) is 4.98 Å². The minimum Gasteiger partial charge on any atom is -0.382 e. The number of pyridine rings is 1. The van der Waals surface area contributed by atoms with Gasteiger partial charge in [-0.3, -0.25) is 19.1 Å². The lowest BCUT2D eigenvalue weighted by Gasteiger charge is -2.34. The second-order valence-electron chi connectivity index (χ2n) is 11.2. The summed E-state index contributed by atoms with van der Waals surface area (Å²) in [7, 11) is 1.69. The van der Waals surface area contributed by atoms with E-state index in [0.29, 0.717) is 37.5 Å². The van der Waals surface area contributed by atoms with Gasteiger partial charge in [0.2, 0.25) is 5.91 Å². The van der Waals surface area contributed by atoms with Crippen molar-refractivity contribution in [1.82, 2.24) is 14.5 Å². The minimum absolute atomic E-state index is 0.00578. The number of carbonyl (C=O) groups is 1. The fourth-order valence-electron chi connectivity index (χ4n) is 5.72. The molecule has 2 aromatic heterocycles. The predicted molar refractivity (Wildman–Crippen MR) is 146 cm³/mol. The van der Waals surface area contributed by atoms with Crippen molar-refractivity contribution in [3.05, 3.63) is 57.9 Å². The third-order valence-electron chi connectivity index (χ3n) is 8.27. The second-order valence-corrected chi connectivity index (χ2v) is 11.2. The Balaban J connectivity index is 1.29. The number of morpholine rings is 1. The van der Waals surface area contributed by atoms with Crippen LogP contribution >= 0.6 is 0 Å². The first-order valence-electron chi connectivity index (χ1n) is 13.6. The van der Waals surface area contributed by atoms with Crippen molar-refractivity contribution in [3.8, 4) is 0 Å². The van der Waals surface area contributed by atoms with Crippen LogP contribution in [0.25, 0.3) is 10.9 Å². The largest absolute Gasteiger partial charge is 0.382 e. The summed E-state index contributed by atoms with van der Waals surface area (Å²) in [6, 6.07) is 7.97. The summed E-state index contributed by atoms with van der Waals surface area (Å²) in [5, 5.41) is 3.59. The SMILES string of the molecule is COC[C@H]1CN(c2ccc3c(=O)n(CCc4cnc5c(c4)NC(=O)C5(C)C)c(C4CCC4)nc3c2)CCO1. The van der Waals surface area contributed by atoms with Gasteiger partial charge in [-0.05, 0) is 62.9 Å². The van der Waals surface area contributed by atoms with Gasteiger partial charge >= 0.3 is 0 Å². The average molecular weight is 518 g/mol. The zero-order valence-corrected chi connectivity index (χ0v) is 22.3. The maximum Gasteiger partial charge on any atom is 0.261 e. The Hall–Kier alpha value is -3.30. The molecule has 1 amide bonds. The molecule has 4 heterocycles. The molecule has 2 aliphatic heterocycles. The number of amides is 1. The molecule has 9 nitrogen and oxygen atoms in total. The molecular weight excluding hydrogens is 482 g/mol. The van der Waals surface area contributed by atoms with E-state index in [1.54, 1.807) is 7.11 Å². The number of ether oxygens (including phenoxy) is 2. The zero-order chi connectivity index (χ0) is 26.4. The number of benzene rings is 1. The van der Waals surface area contributed by atoms with Gasteiger partial charge in [0.15, 0.2) is 0 Å². The van der Waals surface area contributed by atoms with Crippen LogP contribution in [0.1, 0.15) is 56.1 Å². The molecule has 3 aliphatic rings. The van der Waals surface area contributed by atoms with Crippen molar-refractivity contribution < 1.29 is 14.3 Å². The Morgan fingerprint density at radius 1 is 1.21 bits per heavy atom. The van der Waals surface area contributed by atoms with Gasteiger partial charge in [0.25, 0.3) is 5.56 Å². The molecular formula is C29H35N5O4. The van der Waals surface area contributed by atoms with Crippen LogP contribution in [0.3, 0.4) is 0 Å². The lowest BCUT2D eigenvalue weighted by atomic mass is 9.84. The van der Waals surface area contributed by atoms with Crippen LogP contribution in [-0.2, 0) is 32.6 Å². The van der Waals surface area contributed by atoms with Gasteiger partial charge < -0.3 is 19.7 Å². The van der Waals surface area contributed by atoms with Crippen LogP contribution in [-0.4, -0.2) is 60.0 Å². The third-order valence-corrected chi connectivity index (χ3v) is 8.27. The fraction of sp³-hybridized carbons (Fsp3) is 0.517. The van der Waals surface area contributed by atoms with Gasteiger partial charge in [-0.15, -0.1) is 0 Å². The molecule has 1 saturated carbocycles. The van der Waals surface area contributed by atoms with Gasteiger partial charge in [0.05, 0.1) is 47.0 Å². The molecule has 0 spiro atoms. The average Bonchev–Trinajstić information content (AvgIpc) is 3.10. The Morgan fingerprint density at radius 3 is 2.82 bits per heavy atom. The predicted octanol–water partition coefficient (Wildman–Crippen LogP) is 3.38. The number of hydrogen-bond acceptors (Lipinski definition) is 7. The monoisotopic (exact) mass is 517 g/mol. The van der Waals surface area contributed by atoms with E-state index in [2.05, 4.69) is 15.2 Å². The smallest absolute Gasteiger partial charge is 0.261 e. The number of nitrogens with one attached hydrogen (secondary N) is 1. The maximum absolute atomic E-state index is 13.8. The second kappa shape index (κ2) is 9.78. The standard InChI is InChI=1S/C29H35N5O4/c1-29(2)25-24(32-28(29)36)13-18(15-30-25)9-10-34-26(19-5-4-6-19)31-23-14-20(7-8-22(23)27(34)35)33-11-12-38-21(16-33)17-37-3/h7-8,13-15,19,21H,4-6,9-12,16-17H2,1-3H3,(H,32,36)/t21-/m1/s1. The summed E-state index contributed by atoms with van der Waals surface area (Å²) in [6.45, 7) is 7.04. The quantitative estimate of drug-likeness (QED) is 0.513. The summed E-state index contributed by atoms with van der Waals surface area (Å²) in [4.78, 5) is 38.0. The van der Waals surface area contributed by atoms with Crippen molar-refractivity contribution in [2.24, 2.45) is 0 Å². The summed E-state index contributed by atoms with van der Waals surface area (Å²) in [5.74, 6) is 1.15. The highest BCUT2D eigenvalue weighted by molar-refractivity contribution is 6.04. The normalized spacial score (nSPS) is 20.9. The number of nitrogens with zero attached hydrogens (tertiary/aromatic N) is 4. The van der Waals surface area contributed by atoms with E-state index in [1.165, 1.54) is 0 Å². The van der Waals surface area contributed by atoms with E-state index in [0.717, 1.165) is 66.3 Å². The number of anilines is 2. The number of aromatic nitrogens is 3. The first kappa shape index (κ1) is 25.0. The molecule has 38 heavy (non-hydrogen) atoms. The van der Waals surface area contributed by atoms with Crippen molar-refractivity contribution in [2.75, 3.05) is 43.6 Å². The van der Waals surface area contributed by atoms with E-state index in [-0.39, 0.29) is 17.6 Å². The number of rotatable bonds is 7. The Morgan fingerprint density at radius 2 is 2.05 bits per heavy atom. The molecule has 1 atom stereocenters. The van der Waals surface area contributed by atoms with Crippen LogP contribution in [0, 0.1) is 0 Å². The van der Waals surface area contributed by atoms with Gasteiger partial charge in [0, 0.05) is 44.5 Å². The van der Waals surface area contributed by atoms with Crippen molar-refractivity contribution in [2.45, 2.75) is 63.5 Å².